The number of halogens is 1. The van der Waals surface area contributed by atoms with Crippen molar-refractivity contribution in [2.75, 3.05) is 58.4 Å². The molecule has 2 aliphatic heterocycles. The van der Waals surface area contributed by atoms with Crippen molar-refractivity contribution in [3.05, 3.63) is 36.0 Å². The van der Waals surface area contributed by atoms with Crippen molar-refractivity contribution in [3.8, 4) is 0 Å². The number of anilines is 4. The third kappa shape index (κ3) is 6.12. The normalized spacial score (nSPS) is 19.6. The van der Waals surface area contributed by atoms with Crippen molar-refractivity contribution in [2.45, 2.75) is 44.7 Å². The number of nitrogens with one attached hydrogen (secondary N) is 2. The minimum atomic E-state index is -3.71. The molecule has 0 atom stereocenters. The number of rotatable bonds is 8. The predicted molar refractivity (Wildman–Crippen MR) is 140 cm³/mol. The molecule has 3 heterocycles. The first-order valence-electron chi connectivity index (χ1n) is 12.8. The summed E-state index contributed by atoms with van der Waals surface area (Å²) in [5.74, 6) is -0.0185. The van der Waals surface area contributed by atoms with Crippen molar-refractivity contribution in [1.82, 2.24) is 9.97 Å². The number of nitrogens with zero attached hydrogens (tertiary/aromatic N) is 4. The van der Waals surface area contributed by atoms with E-state index in [-0.39, 0.29) is 5.95 Å². The first-order valence-corrected chi connectivity index (χ1v) is 14.4. The standard InChI is InChI=1S/C25H33FN6O4S/c26-18-4-11-32(12-5-18)22-3-10-27-24(28-22)29-23(34)20-2-1-19(30-37(35,36)16-15-33)17-21(20)31-13-8-25(6-7-25)9-14-31/h1-3,10,17-18,30,33H,4-9,11-16H2,(H,27,28,29,34). The summed E-state index contributed by atoms with van der Waals surface area (Å²) in [4.78, 5) is 26.2. The molecule has 1 amide bonds. The smallest absolute Gasteiger partial charge is 0.260 e. The van der Waals surface area contributed by atoms with E-state index in [9.17, 15) is 17.6 Å². The van der Waals surface area contributed by atoms with E-state index in [1.807, 2.05) is 4.90 Å². The Balaban J connectivity index is 1.37. The van der Waals surface area contributed by atoms with Crippen LogP contribution in [-0.2, 0) is 10.0 Å². The molecule has 5 rings (SSSR count). The van der Waals surface area contributed by atoms with Gasteiger partial charge in [-0.3, -0.25) is 14.8 Å². The van der Waals surface area contributed by atoms with Gasteiger partial charge in [0, 0.05) is 32.4 Å². The van der Waals surface area contributed by atoms with Gasteiger partial charge in [0.05, 0.1) is 29.3 Å². The maximum atomic E-state index is 13.5. The monoisotopic (exact) mass is 532 g/mol. The summed E-state index contributed by atoms with van der Waals surface area (Å²) >= 11 is 0. The van der Waals surface area contributed by atoms with E-state index in [0.29, 0.717) is 54.1 Å². The van der Waals surface area contributed by atoms with Crippen LogP contribution in [0.3, 0.4) is 0 Å². The van der Waals surface area contributed by atoms with Gasteiger partial charge >= 0.3 is 0 Å². The molecule has 0 bridgehead atoms. The molecule has 1 aromatic heterocycles. The summed E-state index contributed by atoms with van der Waals surface area (Å²) < 4.78 is 40.5. The van der Waals surface area contributed by atoms with Crippen LogP contribution in [0, 0.1) is 5.41 Å². The van der Waals surface area contributed by atoms with Gasteiger partial charge in [0.1, 0.15) is 12.0 Å². The van der Waals surface area contributed by atoms with E-state index in [0.717, 1.165) is 25.9 Å². The summed E-state index contributed by atoms with van der Waals surface area (Å²) in [7, 11) is -3.71. The van der Waals surface area contributed by atoms with E-state index in [1.165, 1.54) is 18.9 Å². The zero-order valence-corrected chi connectivity index (χ0v) is 21.5. The molecule has 2 saturated heterocycles. The predicted octanol–water partition coefficient (Wildman–Crippen LogP) is 2.78. The molecule has 1 aromatic carbocycles. The van der Waals surface area contributed by atoms with Gasteiger partial charge < -0.3 is 14.9 Å². The third-order valence-electron chi connectivity index (χ3n) is 7.61. The minimum absolute atomic E-state index is 0.152. The number of sulfonamides is 1. The maximum Gasteiger partial charge on any atom is 0.260 e. The molecule has 1 saturated carbocycles. The average Bonchev–Trinajstić information content (AvgIpc) is 3.63. The van der Waals surface area contributed by atoms with E-state index in [4.69, 9.17) is 5.11 Å². The molecule has 12 heteroatoms. The first-order chi connectivity index (χ1) is 17.8. The first kappa shape index (κ1) is 25.7. The number of amides is 1. The van der Waals surface area contributed by atoms with Crippen LogP contribution in [0.4, 0.5) is 27.5 Å². The quantitative estimate of drug-likeness (QED) is 0.474. The number of carbonyl (C=O) groups is 1. The second kappa shape index (κ2) is 10.4. The summed E-state index contributed by atoms with van der Waals surface area (Å²) in [6.45, 7) is 2.19. The number of hydrogen-bond acceptors (Lipinski definition) is 8. The molecule has 3 fully saturated rings. The molecule has 2 aromatic rings. The van der Waals surface area contributed by atoms with Gasteiger partial charge in [-0.05, 0) is 68.2 Å². The summed E-state index contributed by atoms with van der Waals surface area (Å²) in [5, 5.41) is 11.8. The van der Waals surface area contributed by atoms with Crippen molar-refractivity contribution < 1.29 is 22.7 Å². The van der Waals surface area contributed by atoms with E-state index >= 15 is 0 Å². The highest BCUT2D eigenvalue weighted by Crippen LogP contribution is 2.54. The fourth-order valence-electron chi connectivity index (χ4n) is 5.13. The van der Waals surface area contributed by atoms with Crippen molar-refractivity contribution in [3.63, 3.8) is 0 Å². The minimum Gasteiger partial charge on any atom is -0.395 e. The van der Waals surface area contributed by atoms with Gasteiger partial charge in [-0.15, -0.1) is 0 Å². The molecule has 3 N–H and O–H groups in total. The number of alkyl halides is 1. The van der Waals surface area contributed by atoms with Gasteiger partial charge in [-0.25, -0.2) is 17.8 Å². The molecule has 1 aliphatic carbocycles. The molecular weight excluding hydrogens is 499 g/mol. The maximum absolute atomic E-state index is 13.5. The number of hydrogen-bond donors (Lipinski definition) is 3. The van der Waals surface area contributed by atoms with Gasteiger partial charge in [0.15, 0.2) is 0 Å². The summed E-state index contributed by atoms with van der Waals surface area (Å²) in [5.41, 5.74) is 1.80. The highest BCUT2D eigenvalue weighted by molar-refractivity contribution is 7.92. The van der Waals surface area contributed by atoms with Gasteiger partial charge in [-0.1, -0.05) is 0 Å². The van der Waals surface area contributed by atoms with Crippen LogP contribution in [0.2, 0.25) is 0 Å². The number of aliphatic hydroxyl groups is 1. The molecule has 1 spiro atoms. The topological polar surface area (TPSA) is 128 Å². The fraction of sp³-hybridized carbons (Fsp3) is 0.560. The van der Waals surface area contributed by atoms with Crippen LogP contribution < -0.4 is 19.8 Å². The summed E-state index contributed by atoms with van der Waals surface area (Å²) in [6.07, 6.45) is 6.22. The third-order valence-corrected chi connectivity index (χ3v) is 8.88. The zero-order valence-electron chi connectivity index (χ0n) is 20.7. The molecule has 3 aliphatic rings. The molecule has 0 radical (unpaired) electrons. The van der Waals surface area contributed by atoms with E-state index < -0.39 is 34.5 Å². The second-order valence-electron chi connectivity index (χ2n) is 10.2. The lowest BCUT2D eigenvalue weighted by Gasteiger charge is -2.35. The molecule has 37 heavy (non-hydrogen) atoms. The van der Waals surface area contributed by atoms with E-state index in [1.54, 1.807) is 24.4 Å². The highest BCUT2D eigenvalue weighted by Gasteiger charge is 2.44. The molecule has 0 unspecified atom stereocenters. The van der Waals surface area contributed by atoms with Crippen LogP contribution in [0.25, 0.3) is 0 Å². The van der Waals surface area contributed by atoms with Gasteiger partial charge in [0.25, 0.3) is 5.91 Å². The largest absolute Gasteiger partial charge is 0.395 e. The Kier molecular flexibility index (Phi) is 7.21. The Morgan fingerprint density at radius 3 is 2.49 bits per heavy atom. The lowest BCUT2D eigenvalue weighted by molar-refractivity contribution is 0.102. The number of carbonyl (C=O) groups excluding carboxylic acids is 1. The van der Waals surface area contributed by atoms with Crippen LogP contribution in [0.15, 0.2) is 30.5 Å². The number of benzene rings is 1. The Bertz CT molecular complexity index is 1240. The Hall–Kier alpha value is -2.99. The number of piperidine rings is 2. The van der Waals surface area contributed by atoms with Crippen molar-refractivity contribution >= 4 is 39.1 Å². The van der Waals surface area contributed by atoms with Crippen LogP contribution in [0.5, 0.6) is 0 Å². The van der Waals surface area contributed by atoms with Crippen molar-refractivity contribution in [2.24, 2.45) is 5.41 Å². The lowest BCUT2D eigenvalue weighted by atomic mass is 9.93. The van der Waals surface area contributed by atoms with Crippen LogP contribution in [-0.4, -0.2) is 74.1 Å². The van der Waals surface area contributed by atoms with Crippen LogP contribution in [0.1, 0.15) is 48.9 Å². The molecule has 200 valence electrons. The zero-order chi connectivity index (χ0) is 26.0. The Labute approximate surface area is 216 Å². The molecule has 10 nitrogen and oxygen atoms in total. The molecular formula is C25H33FN6O4S. The Morgan fingerprint density at radius 1 is 1.08 bits per heavy atom. The van der Waals surface area contributed by atoms with E-state index in [2.05, 4.69) is 24.9 Å². The van der Waals surface area contributed by atoms with Gasteiger partial charge in [0.2, 0.25) is 16.0 Å². The highest BCUT2D eigenvalue weighted by atomic mass is 32.2. The van der Waals surface area contributed by atoms with Gasteiger partial charge in [-0.2, -0.15) is 4.98 Å². The number of aliphatic hydroxyl groups excluding tert-OH is 1. The number of aromatic nitrogens is 2. The second-order valence-corrected chi connectivity index (χ2v) is 12.1. The Morgan fingerprint density at radius 2 is 1.81 bits per heavy atom. The summed E-state index contributed by atoms with van der Waals surface area (Å²) in [6, 6.07) is 6.55. The van der Waals surface area contributed by atoms with Crippen LogP contribution >= 0.6 is 0 Å². The fourth-order valence-corrected chi connectivity index (χ4v) is 5.96. The van der Waals surface area contributed by atoms with Crippen molar-refractivity contribution in [1.29, 1.82) is 0 Å². The lowest BCUT2D eigenvalue weighted by Crippen LogP contribution is -2.36. The average molecular weight is 533 g/mol. The SMILES string of the molecule is O=C(Nc1nccc(N2CCC(F)CC2)n1)c1ccc(NS(=O)(=O)CCO)cc1N1CCC2(CC1)CC2.